The first kappa shape index (κ1) is 14.8. The lowest BCUT2D eigenvalue weighted by Gasteiger charge is -2.06. The number of aryl methyl sites for hydroxylation is 1. The number of anilines is 1. The molecule has 0 unspecified atom stereocenters. The van der Waals surface area contributed by atoms with Crippen molar-refractivity contribution in [3.63, 3.8) is 0 Å². The molecule has 1 aromatic heterocycles. The number of halogens is 1. The van der Waals surface area contributed by atoms with Crippen LogP contribution >= 0.6 is 22.9 Å². The highest BCUT2D eigenvalue weighted by Crippen LogP contribution is 2.27. The van der Waals surface area contributed by atoms with Gasteiger partial charge in [0.1, 0.15) is 5.75 Å². The van der Waals surface area contributed by atoms with E-state index in [4.69, 9.17) is 16.3 Å². The summed E-state index contributed by atoms with van der Waals surface area (Å²) < 4.78 is 6.44. The highest BCUT2D eigenvalue weighted by atomic mass is 35.5. The summed E-state index contributed by atoms with van der Waals surface area (Å²) >= 11 is 7.41. The number of para-hydroxylation sites is 1. The largest absolute Gasteiger partial charge is 0.482 e. The van der Waals surface area contributed by atoms with E-state index >= 15 is 0 Å². The van der Waals surface area contributed by atoms with Gasteiger partial charge >= 0.3 is 0 Å². The van der Waals surface area contributed by atoms with Gasteiger partial charge in [0.05, 0.1) is 15.2 Å². The fourth-order valence-electron chi connectivity index (χ4n) is 1.95. The predicted molar refractivity (Wildman–Crippen MR) is 89.9 cm³/mol. The van der Waals surface area contributed by atoms with E-state index in [2.05, 4.69) is 10.3 Å². The summed E-state index contributed by atoms with van der Waals surface area (Å²) in [5.41, 5.74) is 2.04. The Morgan fingerprint density at radius 3 is 2.95 bits per heavy atom. The number of hydrogen-bond acceptors (Lipinski definition) is 4. The summed E-state index contributed by atoms with van der Waals surface area (Å²) in [5.74, 6) is 0.218. The summed E-state index contributed by atoms with van der Waals surface area (Å²) in [5, 5.41) is 3.78. The predicted octanol–water partition coefficient (Wildman–Crippen LogP) is 4.28. The highest BCUT2D eigenvalue weighted by molar-refractivity contribution is 7.22. The van der Waals surface area contributed by atoms with Crippen LogP contribution in [0, 0.1) is 6.92 Å². The quantitative estimate of drug-likeness (QED) is 0.776. The van der Waals surface area contributed by atoms with Crippen LogP contribution in [0.2, 0.25) is 5.02 Å². The average molecular weight is 333 g/mol. The van der Waals surface area contributed by atoms with Gasteiger partial charge in [-0.1, -0.05) is 41.1 Å². The Kier molecular flexibility index (Phi) is 4.27. The molecule has 0 fully saturated rings. The van der Waals surface area contributed by atoms with Crippen LogP contribution in [0.4, 0.5) is 5.13 Å². The van der Waals surface area contributed by atoms with Crippen molar-refractivity contribution in [1.29, 1.82) is 0 Å². The zero-order valence-corrected chi connectivity index (χ0v) is 13.4. The molecule has 4 nitrogen and oxygen atoms in total. The van der Waals surface area contributed by atoms with Crippen LogP contribution in [0.25, 0.3) is 10.2 Å². The number of aromatic nitrogens is 1. The molecule has 2 aromatic carbocycles. The summed E-state index contributed by atoms with van der Waals surface area (Å²) in [6.07, 6.45) is 0. The number of carbonyl (C=O) groups is 1. The minimum atomic E-state index is -0.268. The van der Waals surface area contributed by atoms with E-state index in [9.17, 15) is 4.79 Å². The summed E-state index contributed by atoms with van der Waals surface area (Å²) in [7, 11) is 0. The molecule has 0 spiro atoms. The van der Waals surface area contributed by atoms with Crippen LogP contribution < -0.4 is 10.1 Å². The van der Waals surface area contributed by atoms with Crippen LogP contribution in [0.1, 0.15) is 5.56 Å². The molecule has 0 atom stereocenters. The SMILES string of the molecule is Cc1ccc2nc(NC(=O)COc3ccccc3Cl)sc2c1. The number of nitrogens with zero attached hydrogens (tertiary/aromatic N) is 1. The van der Waals surface area contributed by atoms with Crippen LogP contribution in [0.3, 0.4) is 0 Å². The number of nitrogens with one attached hydrogen (secondary N) is 1. The number of hydrogen-bond donors (Lipinski definition) is 1. The van der Waals surface area contributed by atoms with Crippen molar-refractivity contribution in [3.8, 4) is 5.75 Å². The number of carbonyl (C=O) groups excluding carboxylic acids is 1. The smallest absolute Gasteiger partial charge is 0.264 e. The zero-order valence-electron chi connectivity index (χ0n) is 11.8. The number of rotatable bonds is 4. The summed E-state index contributed by atoms with van der Waals surface area (Å²) in [4.78, 5) is 16.3. The van der Waals surface area contributed by atoms with Crippen molar-refractivity contribution < 1.29 is 9.53 Å². The van der Waals surface area contributed by atoms with Gasteiger partial charge in [-0.15, -0.1) is 0 Å². The van der Waals surface area contributed by atoms with Crippen molar-refractivity contribution in [2.24, 2.45) is 0 Å². The highest BCUT2D eigenvalue weighted by Gasteiger charge is 2.09. The Morgan fingerprint density at radius 2 is 2.14 bits per heavy atom. The van der Waals surface area contributed by atoms with E-state index in [1.165, 1.54) is 11.3 Å². The maximum Gasteiger partial charge on any atom is 0.264 e. The van der Waals surface area contributed by atoms with Gasteiger partial charge in [0.25, 0.3) is 5.91 Å². The van der Waals surface area contributed by atoms with Gasteiger partial charge < -0.3 is 4.74 Å². The Balaban J connectivity index is 1.64. The van der Waals surface area contributed by atoms with Gasteiger partial charge in [0.15, 0.2) is 11.7 Å². The van der Waals surface area contributed by atoms with E-state index < -0.39 is 0 Å². The van der Waals surface area contributed by atoms with Gasteiger partial charge in [-0.3, -0.25) is 10.1 Å². The van der Waals surface area contributed by atoms with Gasteiger partial charge in [0, 0.05) is 0 Å². The number of amides is 1. The number of benzene rings is 2. The lowest BCUT2D eigenvalue weighted by atomic mass is 10.2. The fraction of sp³-hybridized carbons (Fsp3) is 0.125. The third-order valence-corrected chi connectivity index (χ3v) is 4.23. The second kappa shape index (κ2) is 6.34. The van der Waals surface area contributed by atoms with Crippen molar-refractivity contribution in [2.45, 2.75) is 6.92 Å². The van der Waals surface area contributed by atoms with Crippen molar-refractivity contribution >= 4 is 44.2 Å². The van der Waals surface area contributed by atoms with Gasteiger partial charge in [0.2, 0.25) is 0 Å². The van der Waals surface area contributed by atoms with Gasteiger partial charge in [-0.05, 0) is 36.8 Å². The topological polar surface area (TPSA) is 51.2 Å². The Bertz CT molecular complexity index is 832. The lowest BCUT2D eigenvalue weighted by molar-refractivity contribution is -0.118. The van der Waals surface area contributed by atoms with Crippen LogP contribution in [0.15, 0.2) is 42.5 Å². The normalized spacial score (nSPS) is 10.6. The molecule has 0 radical (unpaired) electrons. The Hall–Kier alpha value is -2.11. The molecule has 112 valence electrons. The van der Waals surface area contributed by atoms with Crippen LogP contribution in [-0.2, 0) is 4.79 Å². The van der Waals surface area contributed by atoms with E-state index in [-0.39, 0.29) is 12.5 Å². The molecule has 1 amide bonds. The molecule has 0 saturated heterocycles. The molecule has 0 aliphatic rings. The molecule has 3 rings (SSSR count). The van der Waals surface area contributed by atoms with Crippen LogP contribution in [-0.4, -0.2) is 17.5 Å². The second-order valence-electron chi connectivity index (χ2n) is 4.76. The third-order valence-electron chi connectivity index (χ3n) is 2.99. The van der Waals surface area contributed by atoms with E-state index in [1.807, 2.05) is 25.1 Å². The average Bonchev–Trinajstić information content (AvgIpc) is 2.87. The molecular formula is C16H13ClN2O2S. The first-order valence-corrected chi connectivity index (χ1v) is 7.85. The summed E-state index contributed by atoms with van der Waals surface area (Å²) in [6.45, 7) is 1.91. The van der Waals surface area contributed by atoms with Gasteiger partial charge in [-0.25, -0.2) is 4.98 Å². The molecule has 22 heavy (non-hydrogen) atoms. The third kappa shape index (κ3) is 3.37. The van der Waals surface area contributed by atoms with Crippen molar-refractivity contribution in [3.05, 3.63) is 53.1 Å². The first-order valence-electron chi connectivity index (χ1n) is 6.66. The lowest BCUT2D eigenvalue weighted by Crippen LogP contribution is -2.20. The standard InChI is InChI=1S/C16H13ClN2O2S/c1-10-6-7-12-14(8-10)22-16(18-12)19-15(20)9-21-13-5-3-2-4-11(13)17/h2-8H,9H2,1H3,(H,18,19,20). The zero-order chi connectivity index (χ0) is 15.5. The molecule has 0 bridgehead atoms. The molecular weight excluding hydrogens is 320 g/mol. The first-order chi connectivity index (χ1) is 10.6. The Labute approximate surface area is 136 Å². The van der Waals surface area contributed by atoms with Gasteiger partial charge in [-0.2, -0.15) is 0 Å². The Morgan fingerprint density at radius 1 is 1.32 bits per heavy atom. The number of fused-ring (bicyclic) bond motifs is 1. The minimum Gasteiger partial charge on any atom is -0.482 e. The number of ether oxygens (including phenoxy) is 1. The van der Waals surface area contributed by atoms with Crippen LogP contribution in [0.5, 0.6) is 5.75 Å². The van der Waals surface area contributed by atoms with E-state index in [1.54, 1.807) is 24.3 Å². The molecule has 1 N–H and O–H groups in total. The van der Waals surface area contributed by atoms with Crippen molar-refractivity contribution in [2.75, 3.05) is 11.9 Å². The molecule has 6 heteroatoms. The number of thiazole rings is 1. The molecule has 0 aliphatic heterocycles. The molecule has 3 aromatic rings. The fourth-order valence-corrected chi connectivity index (χ4v) is 3.12. The maximum absolute atomic E-state index is 11.9. The van der Waals surface area contributed by atoms with E-state index in [0.717, 1.165) is 15.8 Å². The van der Waals surface area contributed by atoms with Crippen molar-refractivity contribution in [1.82, 2.24) is 4.98 Å². The minimum absolute atomic E-state index is 0.112. The monoisotopic (exact) mass is 332 g/mol. The molecule has 1 heterocycles. The molecule has 0 aliphatic carbocycles. The molecule has 0 saturated carbocycles. The maximum atomic E-state index is 11.9. The summed E-state index contributed by atoms with van der Waals surface area (Å²) in [6, 6.07) is 13.0. The second-order valence-corrected chi connectivity index (χ2v) is 6.20. The van der Waals surface area contributed by atoms with E-state index in [0.29, 0.717) is 15.9 Å².